The molecule has 2 N–H and O–H groups in total. The largest absolute Gasteiger partial charge is 0.442 e. The molecular formula is C25H25FN6O5. The Kier molecular flexibility index (Phi) is 7.27. The smallest absolute Gasteiger partial charge is 0.414 e. The van der Waals surface area contributed by atoms with E-state index in [2.05, 4.69) is 10.4 Å². The molecule has 2 heterocycles. The molecule has 1 fully saturated rings. The summed E-state index contributed by atoms with van der Waals surface area (Å²) < 4.78 is 21.8. The lowest BCUT2D eigenvalue weighted by molar-refractivity contribution is -0.384. The molecule has 2 amide bonds. The number of cyclic esters (lactones) is 1. The van der Waals surface area contributed by atoms with E-state index in [1.165, 1.54) is 36.1 Å². The van der Waals surface area contributed by atoms with Gasteiger partial charge >= 0.3 is 6.09 Å². The zero-order chi connectivity index (χ0) is 26.7. The van der Waals surface area contributed by atoms with Crippen LogP contribution in [-0.2, 0) is 9.53 Å². The molecule has 1 saturated heterocycles. The second-order valence-corrected chi connectivity index (χ2v) is 8.76. The average Bonchev–Trinajstić information content (AvgIpc) is 3.50. The Bertz CT molecular complexity index is 1360. The molecule has 0 bridgehead atoms. The third-order valence-corrected chi connectivity index (χ3v) is 6.01. The lowest BCUT2D eigenvalue weighted by Gasteiger charge is -2.16. The van der Waals surface area contributed by atoms with Crippen molar-refractivity contribution in [3.63, 3.8) is 0 Å². The van der Waals surface area contributed by atoms with Gasteiger partial charge in [0, 0.05) is 48.5 Å². The fourth-order valence-electron chi connectivity index (χ4n) is 4.02. The average molecular weight is 509 g/mol. The standard InChI is InChI=1S/C25H25FN6O5/c1-15(31-13-18(11-29-31)17-3-5-19(6-4-17)32(35)36)9-24(27)22-8-7-20(10-23(22)26)30-14-21(37-25(30)34)12-28-16(2)33/h3-8,10-11,13,15,21,27H,9,12,14H2,1-2H3,(H,28,33)/t15?,21-/m0/s1. The van der Waals surface area contributed by atoms with E-state index in [0.29, 0.717) is 5.69 Å². The summed E-state index contributed by atoms with van der Waals surface area (Å²) in [7, 11) is 0. The number of benzene rings is 2. The number of carbonyl (C=O) groups is 2. The van der Waals surface area contributed by atoms with E-state index < -0.39 is 22.9 Å². The Morgan fingerprint density at radius 3 is 2.68 bits per heavy atom. The summed E-state index contributed by atoms with van der Waals surface area (Å²) in [6, 6.07) is 10.1. The number of non-ortho nitro benzene ring substituents is 1. The van der Waals surface area contributed by atoms with Crippen LogP contribution < -0.4 is 10.2 Å². The van der Waals surface area contributed by atoms with E-state index in [1.54, 1.807) is 35.3 Å². The van der Waals surface area contributed by atoms with Crippen molar-refractivity contribution in [2.24, 2.45) is 0 Å². The molecule has 192 valence electrons. The molecule has 1 aromatic heterocycles. The van der Waals surface area contributed by atoms with Crippen LogP contribution in [0.4, 0.5) is 20.6 Å². The van der Waals surface area contributed by atoms with E-state index in [0.717, 1.165) is 11.1 Å². The van der Waals surface area contributed by atoms with Crippen molar-refractivity contribution in [1.29, 1.82) is 5.41 Å². The number of nitrogens with one attached hydrogen (secondary N) is 2. The lowest BCUT2D eigenvalue weighted by atomic mass is 10.0. The van der Waals surface area contributed by atoms with E-state index in [1.807, 2.05) is 6.92 Å². The number of nitro groups is 1. The summed E-state index contributed by atoms with van der Waals surface area (Å²) in [5.74, 6) is -0.879. The maximum atomic E-state index is 15.0. The van der Waals surface area contributed by atoms with Gasteiger partial charge < -0.3 is 15.5 Å². The minimum absolute atomic E-state index is 0.00238. The van der Waals surface area contributed by atoms with Gasteiger partial charge in [-0.2, -0.15) is 5.10 Å². The number of carbonyl (C=O) groups excluding carboxylic acids is 2. The third-order valence-electron chi connectivity index (χ3n) is 6.01. The Balaban J connectivity index is 1.40. The van der Waals surface area contributed by atoms with Gasteiger partial charge in [-0.3, -0.25) is 24.5 Å². The molecule has 11 nitrogen and oxygen atoms in total. The van der Waals surface area contributed by atoms with Crippen molar-refractivity contribution >= 4 is 29.1 Å². The highest BCUT2D eigenvalue weighted by atomic mass is 19.1. The molecule has 37 heavy (non-hydrogen) atoms. The van der Waals surface area contributed by atoms with Gasteiger partial charge in [0.1, 0.15) is 11.9 Å². The highest BCUT2D eigenvalue weighted by Gasteiger charge is 2.32. The monoisotopic (exact) mass is 508 g/mol. The molecule has 0 saturated carbocycles. The summed E-state index contributed by atoms with van der Waals surface area (Å²) in [6.45, 7) is 3.55. The number of amides is 2. The maximum Gasteiger partial charge on any atom is 0.414 e. The molecule has 1 aliphatic heterocycles. The van der Waals surface area contributed by atoms with Crippen molar-refractivity contribution in [1.82, 2.24) is 15.1 Å². The van der Waals surface area contributed by atoms with Gasteiger partial charge in [-0.25, -0.2) is 9.18 Å². The summed E-state index contributed by atoms with van der Waals surface area (Å²) in [6.07, 6.45) is 2.43. The van der Waals surface area contributed by atoms with Gasteiger partial charge in [-0.1, -0.05) is 0 Å². The minimum atomic E-state index is -0.639. The molecular weight excluding hydrogens is 483 g/mol. The Labute approximate surface area is 211 Å². The van der Waals surface area contributed by atoms with Gasteiger partial charge in [0.25, 0.3) is 5.69 Å². The van der Waals surface area contributed by atoms with Crippen LogP contribution in [0.5, 0.6) is 0 Å². The van der Waals surface area contributed by atoms with Crippen molar-refractivity contribution in [3.8, 4) is 11.1 Å². The van der Waals surface area contributed by atoms with Crippen LogP contribution in [0.15, 0.2) is 54.9 Å². The topological polar surface area (TPSA) is 143 Å². The first-order chi connectivity index (χ1) is 17.6. The molecule has 12 heteroatoms. The molecule has 1 aliphatic rings. The van der Waals surface area contributed by atoms with Crippen LogP contribution in [0.3, 0.4) is 0 Å². The predicted molar refractivity (Wildman–Crippen MR) is 133 cm³/mol. The number of halogens is 1. The van der Waals surface area contributed by atoms with Crippen LogP contribution in [0.2, 0.25) is 0 Å². The number of aromatic nitrogens is 2. The summed E-state index contributed by atoms with van der Waals surface area (Å²) in [5, 5.41) is 26.2. The number of nitrogens with zero attached hydrogens (tertiary/aromatic N) is 4. The normalized spacial score (nSPS) is 15.8. The molecule has 2 atom stereocenters. The van der Waals surface area contributed by atoms with Crippen LogP contribution in [0, 0.1) is 21.3 Å². The van der Waals surface area contributed by atoms with E-state index >= 15 is 0 Å². The first-order valence-electron chi connectivity index (χ1n) is 11.5. The van der Waals surface area contributed by atoms with Crippen LogP contribution in [0.25, 0.3) is 11.1 Å². The Morgan fingerprint density at radius 1 is 1.30 bits per heavy atom. The van der Waals surface area contributed by atoms with Gasteiger partial charge in [0.05, 0.1) is 35.9 Å². The molecule has 0 spiro atoms. The van der Waals surface area contributed by atoms with Crippen molar-refractivity contribution in [2.75, 3.05) is 18.0 Å². The zero-order valence-electron chi connectivity index (χ0n) is 20.2. The highest BCUT2D eigenvalue weighted by Crippen LogP contribution is 2.27. The highest BCUT2D eigenvalue weighted by molar-refractivity contribution is 5.99. The van der Waals surface area contributed by atoms with Crippen LogP contribution in [0.1, 0.15) is 31.9 Å². The second kappa shape index (κ2) is 10.6. The number of nitro benzene ring substituents is 1. The lowest BCUT2D eigenvalue weighted by Crippen LogP contribution is -2.33. The number of anilines is 1. The number of ether oxygens (including phenoxy) is 1. The molecule has 2 aromatic carbocycles. The van der Waals surface area contributed by atoms with E-state index in [9.17, 15) is 24.1 Å². The predicted octanol–water partition coefficient (Wildman–Crippen LogP) is 4.08. The Morgan fingerprint density at radius 2 is 2.03 bits per heavy atom. The molecule has 0 radical (unpaired) electrons. The van der Waals surface area contributed by atoms with Gasteiger partial charge in [0.15, 0.2) is 0 Å². The fourth-order valence-corrected chi connectivity index (χ4v) is 4.02. The SMILES string of the molecule is CC(=O)NC[C@H]1CN(c2ccc(C(=N)CC(C)n3cc(-c4ccc([N+](=O)[O-])cc4)cn3)c(F)c2)C(=O)O1. The maximum absolute atomic E-state index is 15.0. The van der Waals surface area contributed by atoms with Crippen molar-refractivity contribution < 1.29 is 23.6 Å². The molecule has 1 unspecified atom stereocenters. The minimum Gasteiger partial charge on any atom is -0.442 e. The Hall–Kier alpha value is -4.61. The molecule has 0 aliphatic carbocycles. The zero-order valence-corrected chi connectivity index (χ0v) is 20.2. The summed E-state index contributed by atoms with van der Waals surface area (Å²) in [5.41, 5.74) is 2.01. The first-order valence-corrected chi connectivity index (χ1v) is 11.5. The number of hydrogen-bond donors (Lipinski definition) is 2. The van der Waals surface area contributed by atoms with Crippen molar-refractivity contribution in [2.45, 2.75) is 32.4 Å². The second-order valence-electron chi connectivity index (χ2n) is 8.76. The van der Waals surface area contributed by atoms with E-state index in [-0.39, 0.29) is 48.4 Å². The van der Waals surface area contributed by atoms with Gasteiger partial charge in [-0.05, 0) is 42.8 Å². The quantitative estimate of drug-likeness (QED) is 0.253. The number of hydrogen-bond acceptors (Lipinski definition) is 7. The number of rotatable bonds is 9. The van der Waals surface area contributed by atoms with Crippen molar-refractivity contribution in [3.05, 3.63) is 76.4 Å². The van der Waals surface area contributed by atoms with Gasteiger partial charge in [0.2, 0.25) is 5.91 Å². The fraction of sp³-hybridized carbons (Fsp3) is 0.280. The van der Waals surface area contributed by atoms with Crippen LogP contribution in [-0.4, -0.2) is 51.6 Å². The van der Waals surface area contributed by atoms with Gasteiger partial charge in [-0.15, -0.1) is 0 Å². The third kappa shape index (κ3) is 5.80. The summed E-state index contributed by atoms with van der Waals surface area (Å²) in [4.78, 5) is 35.0. The summed E-state index contributed by atoms with van der Waals surface area (Å²) >= 11 is 0. The van der Waals surface area contributed by atoms with Crippen LogP contribution >= 0.6 is 0 Å². The molecule has 4 rings (SSSR count). The molecule has 3 aromatic rings. The first kappa shape index (κ1) is 25.5. The van der Waals surface area contributed by atoms with E-state index in [4.69, 9.17) is 10.1 Å².